The Morgan fingerprint density at radius 1 is 1.36 bits per heavy atom. The summed E-state index contributed by atoms with van der Waals surface area (Å²) in [6, 6.07) is 9.66. The van der Waals surface area contributed by atoms with Gasteiger partial charge in [-0.15, -0.1) is 0 Å². The number of rotatable bonds is 7. The first kappa shape index (κ1) is 23.7. The Morgan fingerprint density at radius 2 is 2.19 bits per heavy atom. The van der Waals surface area contributed by atoms with Gasteiger partial charge in [0.15, 0.2) is 5.82 Å². The number of nitrogens with zero attached hydrogens (tertiary/aromatic N) is 6. The summed E-state index contributed by atoms with van der Waals surface area (Å²) >= 11 is 0. The number of anilines is 2. The molecule has 2 fully saturated rings. The first-order chi connectivity index (χ1) is 17.3. The highest BCUT2D eigenvalue weighted by molar-refractivity contribution is 5.89. The fourth-order valence-electron chi connectivity index (χ4n) is 4.34. The molecule has 36 heavy (non-hydrogen) atoms. The van der Waals surface area contributed by atoms with Crippen LogP contribution in [0.4, 0.5) is 16.0 Å². The molecule has 3 aromatic heterocycles. The molecule has 4 N–H and O–H groups in total. The summed E-state index contributed by atoms with van der Waals surface area (Å²) in [6.45, 7) is 3.67. The molecule has 2 aliphatic heterocycles. The van der Waals surface area contributed by atoms with Gasteiger partial charge < -0.3 is 15.5 Å². The minimum atomic E-state index is -2.07. The van der Waals surface area contributed by atoms with Gasteiger partial charge in [0.1, 0.15) is 17.7 Å². The van der Waals surface area contributed by atoms with Crippen molar-refractivity contribution < 1.29 is 9.18 Å². The zero-order valence-corrected chi connectivity index (χ0v) is 20.0. The van der Waals surface area contributed by atoms with Crippen LogP contribution < -0.4 is 26.4 Å². The zero-order chi connectivity index (χ0) is 25.3. The summed E-state index contributed by atoms with van der Waals surface area (Å²) < 4.78 is 17.0. The Labute approximate surface area is 207 Å². The molecule has 2 aliphatic rings. The maximum Gasteiger partial charge on any atom is 0.261 e. The monoisotopic (exact) mass is 490 g/mol. The van der Waals surface area contributed by atoms with E-state index in [1.807, 2.05) is 13.0 Å². The summed E-state index contributed by atoms with van der Waals surface area (Å²) in [4.78, 5) is 23.2. The number of hydrazine groups is 1. The third kappa shape index (κ3) is 4.71. The Balaban J connectivity index is 1.21. The second-order valence-electron chi connectivity index (χ2n) is 9.24. The number of carbonyl (C=O) groups is 1. The van der Waals surface area contributed by atoms with Crippen molar-refractivity contribution in [2.24, 2.45) is 0 Å². The van der Waals surface area contributed by atoms with Crippen LogP contribution in [0.3, 0.4) is 0 Å². The van der Waals surface area contributed by atoms with Gasteiger partial charge in [-0.25, -0.2) is 24.5 Å². The Kier molecular flexibility index (Phi) is 6.26. The fourth-order valence-corrected chi connectivity index (χ4v) is 4.34. The molecule has 0 saturated carbocycles. The van der Waals surface area contributed by atoms with E-state index in [0.717, 1.165) is 17.5 Å². The van der Waals surface area contributed by atoms with Gasteiger partial charge in [-0.1, -0.05) is 6.07 Å². The summed E-state index contributed by atoms with van der Waals surface area (Å²) in [5.74, 6) is 0.906. The lowest BCUT2D eigenvalue weighted by Gasteiger charge is -2.44. The molecule has 3 aromatic rings. The molecule has 2 saturated heterocycles. The number of carbonyl (C=O) groups excluding carboxylic acids is 1. The Bertz CT molecular complexity index is 1280. The second kappa shape index (κ2) is 9.52. The lowest BCUT2D eigenvalue weighted by Crippen LogP contribution is -2.66. The lowest BCUT2D eigenvalue weighted by atomic mass is 9.94. The molecular formula is C24H27FN10O. The van der Waals surface area contributed by atoms with Crippen LogP contribution in [0.25, 0.3) is 5.82 Å². The van der Waals surface area contributed by atoms with Crippen LogP contribution in [0.1, 0.15) is 30.0 Å². The minimum Gasteiger partial charge on any atom is -0.353 e. The number of pyridine rings is 2. The third-order valence-corrected chi connectivity index (χ3v) is 6.32. The van der Waals surface area contributed by atoms with Gasteiger partial charge in [0.05, 0.1) is 24.8 Å². The van der Waals surface area contributed by atoms with Gasteiger partial charge in [-0.05, 0) is 49.6 Å². The maximum absolute atomic E-state index is 15.4. The average molecular weight is 491 g/mol. The fraction of sp³-hybridized carbons (Fsp3) is 0.375. The Morgan fingerprint density at radius 3 is 2.83 bits per heavy atom. The van der Waals surface area contributed by atoms with E-state index in [1.54, 1.807) is 46.4 Å². The average Bonchev–Trinajstić information content (AvgIpc) is 3.52. The molecule has 2 atom stereocenters. The summed E-state index contributed by atoms with van der Waals surface area (Å²) in [6.07, 6.45) is 5.90. The van der Waals surface area contributed by atoms with Crippen molar-refractivity contribution in [3.05, 3.63) is 59.5 Å². The second-order valence-corrected chi connectivity index (χ2v) is 9.24. The lowest BCUT2D eigenvalue weighted by molar-refractivity contribution is -0.134. The molecule has 11 nitrogen and oxygen atoms in total. The van der Waals surface area contributed by atoms with E-state index < -0.39 is 11.6 Å². The van der Waals surface area contributed by atoms with E-state index in [4.69, 9.17) is 0 Å². The van der Waals surface area contributed by atoms with Crippen LogP contribution in [-0.2, 0) is 11.3 Å². The number of aryl methyl sites for hydroxylation is 1. The highest BCUT2D eigenvalue weighted by Gasteiger charge is 2.51. The molecule has 0 spiro atoms. The van der Waals surface area contributed by atoms with E-state index >= 15 is 4.39 Å². The Hall–Kier alpha value is -4.08. The van der Waals surface area contributed by atoms with Gasteiger partial charge >= 0.3 is 0 Å². The van der Waals surface area contributed by atoms with E-state index in [2.05, 4.69) is 49.5 Å². The highest BCUT2D eigenvalue weighted by atomic mass is 19.1. The van der Waals surface area contributed by atoms with Crippen LogP contribution in [0, 0.1) is 18.3 Å². The number of nitrogens with one attached hydrogen (secondary N) is 4. The molecule has 0 aromatic carbocycles. The van der Waals surface area contributed by atoms with Gasteiger partial charge in [0.2, 0.25) is 5.67 Å². The molecule has 0 radical (unpaired) electrons. The van der Waals surface area contributed by atoms with Gasteiger partial charge in [-0.2, -0.15) is 10.4 Å². The van der Waals surface area contributed by atoms with E-state index in [9.17, 15) is 10.1 Å². The SMILES string of the molecule is Cc1cc(NC2CC(C)NN2)nc(N2CC(F)(C(=O)NCc3ccc(-n4cccn4)nc3)C2)c1C#N. The minimum absolute atomic E-state index is 0.0155. The molecular weight excluding hydrogens is 463 g/mol. The third-order valence-electron chi connectivity index (χ3n) is 6.32. The van der Waals surface area contributed by atoms with Crippen LogP contribution in [0.5, 0.6) is 0 Å². The molecule has 2 unspecified atom stereocenters. The van der Waals surface area contributed by atoms with Crippen molar-refractivity contribution in [3.8, 4) is 11.9 Å². The molecule has 0 aliphatic carbocycles. The number of halogens is 1. The van der Waals surface area contributed by atoms with Crippen molar-refractivity contribution in [2.75, 3.05) is 23.3 Å². The topological polar surface area (TPSA) is 136 Å². The molecule has 5 rings (SSSR count). The zero-order valence-electron chi connectivity index (χ0n) is 20.0. The number of hydrogen-bond acceptors (Lipinski definition) is 9. The first-order valence-corrected chi connectivity index (χ1v) is 11.7. The van der Waals surface area contributed by atoms with Gasteiger partial charge in [0, 0.05) is 31.2 Å². The summed E-state index contributed by atoms with van der Waals surface area (Å²) in [5, 5.41) is 19.7. The number of amides is 1. The quantitative estimate of drug-likeness (QED) is 0.386. The van der Waals surface area contributed by atoms with E-state index in [-0.39, 0.29) is 25.8 Å². The molecule has 1 amide bonds. The number of hydrogen-bond donors (Lipinski definition) is 4. The molecule has 186 valence electrons. The molecule has 12 heteroatoms. The number of nitriles is 1. The van der Waals surface area contributed by atoms with Gasteiger partial charge in [-0.3, -0.25) is 10.2 Å². The normalized spacial score (nSPS) is 20.4. The number of aromatic nitrogens is 4. The van der Waals surface area contributed by atoms with Crippen LogP contribution >= 0.6 is 0 Å². The summed E-state index contributed by atoms with van der Waals surface area (Å²) in [7, 11) is 0. The summed E-state index contributed by atoms with van der Waals surface area (Å²) in [5.41, 5.74) is 6.06. The number of alkyl halides is 1. The van der Waals surface area contributed by atoms with Crippen molar-refractivity contribution in [1.82, 2.24) is 35.9 Å². The maximum atomic E-state index is 15.4. The predicted octanol–water partition coefficient (Wildman–Crippen LogP) is 1.31. The predicted molar refractivity (Wildman–Crippen MR) is 131 cm³/mol. The first-order valence-electron chi connectivity index (χ1n) is 11.7. The smallest absolute Gasteiger partial charge is 0.261 e. The largest absolute Gasteiger partial charge is 0.353 e. The van der Waals surface area contributed by atoms with Crippen LogP contribution in [0.2, 0.25) is 0 Å². The van der Waals surface area contributed by atoms with Crippen LogP contribution in [-0.4, -0.2) is 56.6 Å². The van der Waals surface area contributed by atoms with Crippen molar-refractivity contribution >= 4 is 17.5 Å². The molecule has 5 heterocycles. The van der Waals surface area contributed by atoms with Gasteiger partial charge in [0.25, 0.3) is 5.91 Å². The van der Waals surface area contributed by atoms with Crippen LogP contribution in [0.15, 0.2) is 42.9 Å². The van der Waals surface area contributed by atoms with E-state index in [1.165, 1.54) is 0 Å². The van der Waals surface area contributed by atoms with E-state index in [0.29, 0.717) is 29.1 Å². The van der Waals surface area contributed by atoms with Crippen molar-refractivity contribution in [1.29, 1.82) is 5.26 Å². The van der Waals surface area contributed by atoms with Crippen molar-refractivity contribution in [3.63, 3.8) is 0 Å². The van der Waals surface area contributed by atoms with Crippen molar-refractivity contribution in [2.45, 2.75) is 44.7 Å². The molecule has 0 bridgehead atoms. The highest BCUT2D eigenvalue weighted by Crippen LogP contribution is 2.34. The standard InChI is InChI=1S/C24H27FN10O/c1-15-8-19(30-20-9-16(2)32-33-20)31-22(18(15)10-26)34-13-24(25,14-34)23(36)28-12-17-4-5-21(27-11-17)35-7-3-6-29-35/h3-8,11,16,20,32-33H,9,12-14H2,1-2H3,(H,28,36)(H,30,31).